The van der Waals surface area contributed by atoms with Crippen molar-refractivity contribution in [2.75, 3.05) is 7.11 Å². The Bertz CT molecular complexity index is 342. The smallest absolute Gasteiger partial charge is 0.339 e. The molecular formula is C11H14O3. The first kappa shape index (κ1) is 10.6. The van der Waals surface area contributed by atoms with Gasteiger partial charge < -0.3 is 9.84 Å². The van der Waals surface area contributed by atoms with Crippen LogP contribution in [0.2, 0.25) is 0 Å². The Morgan fingerprint density at radius 2 is 2.07 bits per heavy atom. The minimum absolute atomic E-state index is 0.205. The first-order valence-corrected chi connectivity index (χ1v) is 4.47. The number of rotatable bonds is 3. The van der Waals surface area contributed by atoms with E-state index in [1.807, 2.05) is 6.07 Å². The van der Waals surface area contributed by atoms with Gasteiger partial charge >= 0.3 is 5.97 Å². The molecule has 1 aromatic rings. The average molecular weight is 194 g/mol. The molecular weight excluding hydrogens is 180 g/mol. The van der Waals surface area contributed by atoms with Crippen LogP contribution in [0.1, 0.15) is 35.7 Å². The van der Waals surface area contributed by atoms with Crippen molar-refractivity contribution in [2.45, 2.75) is 19.8 Å². The van der Waals surface area contributed by atoms with Gasteiger partial charge in [0.2, 0.25) is 0 Å². The lowest BCUT2D eigenvalue weighted by Gasteiger charge is -2.09. The third kappa shape index (κ3) is 2.05. The molecule has 0 aliphatic carbocycles. The van der Waals surface area contributed by atoms with E-state index in [4.69, 9.17) is 9.84 Å². The van der Waals surface area contributed by atoms with Crippen LogP contribution in [0.5, 0.6) is 5.75 Å². The summed E-state index contributed by atoms with van der Waals surface area (Å²) < 4.78 is 5.02. The lowest BCUT2D eigenvalue weighted by atomic mass is 10.0. The highest BCUT2D eigenvalue weighted by atomic mass is 16.5. The molecule has 0 atom stereocenters. The van der Waals surface area contributed by atoms with Crippen LogP contribution in [0.4, 0.5) is 0 Å². The van der Waals surface area contributed by atoms with E-state index in [1.165, 1.54) is 7.11 Å². The molecule has 0 heterocycles. The number of carboxylic acids is 1. The van der Waals surface area contributed by atoms with Crippen molar-refractivity contribution >= 4 is 5.97 Å². The van der Waals surface area contributed by atoms with E-state index in [-0.39, 0.29) is 5.56 Å². The number of ether oxygens (including phenoxy) is 1. The van der Waals surface area contributed by atoms with Gasteiger partial charge in [0.05, 0.1) is 7.11 Å². The fourth-order valence-electron chi connectivity index (χ4n) is 1.24. The first-order valence-electron chi connectivity index (χ1n) is 4.47. The Morgan fingerprint density at radius 1 is 1.43 bits per heavy atom. The lowest BCUT2D eigenvalue weighted by Crippen LogP contribution is -2.01. The number of methoxy groups -OCH3 is 1. The van der Waals surface area contributed by atoms with Crippen LogP contribution < -0.4 is 4.74 Å². The Morgan fingerprint density at radius 3 is 2.50 bits per heavy atom. The molecule has 3 heteroatoms. The van der Waals surface area contributed by atoms with Crippen molar-refractivity contribution in [1.82, 2.24) is 0 Å². The molecule has 1 N–H and O–H groups in total. The summed E-state index contributed by atoms with van der Waals surface area (Å²) in [6, 6.07) is 5.17. The van der Waals surface area contributed by atoms with Gasteiger partial charge in [-0.15, -0.1) is 0 Å². The maximum absolute atomic E-state index is 10.8. The van der Waals surface area contributed by atoms with Crippen molar-refractivity contribution in [1.29, 1.82) is 0 Å². The second kappa shape index (κ2) is 4.13. The average Bonchev–Trinajstić information content (AvgIpc) is 2.16. The van der Waals surface area contributed by atoms with E-state index in [0.29, 0.717) is 11.7 Å². The lowest BCUT2D eigenvalue weighted by molar-refractivity contribution is 0.0693. The van der Waals surface area contributed by atoms with Gasteiger partial charge in [0, 0.05) is 0 Å². The SMILES string of the molecule is COc1cc(C(C)C)ccc1C(=O)O. The highest BCUT2D eigenvalue weighted by Gasteiger charge is 2.11. The minimum atomic E-state index is -0.961. The highest BCUT2D eigenvalue weighted by Crippen LogP contribution is 2.24. The Hall–Kier alpha value is -1.51. The van der Waals surface area contributed by atoms with Gasteiger partial charge in [-0.2, -0.15) is 0 Å². The molecule has 76 valence electrons. The van der Waals surface area contributed by atoms with Crippen molar-refractivity contribution in [3.8, 4) is 5.75 Å². The summed E-state index contributed by atoms with van der Waals surface area (Å²) in [5.74, 6) is -0.174. The molecule has 0 fully saturated rings. The number of hydrogen-bond acceptors (Lipinski definition) is 2. The molecule has 14 heavy (non-hydrogen) atoms. The maximum atomic E-state index is 10.8. The molecule has 0 spiro atoms. The highest BCUT2D eigenvalue weighted by molar-refractivity contribution is 5.91. The van der Waals surface area contributed by atoms with Crippen LogP contribution in [0, 0.1) is 0 Å². The summed E-state index contributed by atoms with van der Waals surface area (Å²) in [4.78, 5) is 10.8. The summed E-state index contributed by atoms with van der Waals surface area (Å²) in [5.41, 5.74) is 1.28. The van der Waals surface area contributed by atoms with Crippen LogP contribution in [0.25, 0.3) is 0 Å². The van der Waals surface area contributed by atoms with E-state index in [9.17, 15) is 4.79 Å². The van der Waals surface area contributed by atoms with Gasteiger partial charge in [0.25, 0.3) is 0 Å². The van der Waals surface area contributed by atoms with Gasteiger partial charge in [0.1, 0.15) is 11.3 Å². The summed E-state index contributed by atoms with van der Waals surface area (Å²) in [6.45, 7) is 4.10. The third-order valence-electron chi connectivity index (χ3n) is 2.12. The van der Waals surface area contributed by atoms with E-state index in [2.05, 4.69) is 13.8 Å². The normalized spacial score (nSPS) is 10.3. The fraction of sp³-hybridized carbons (Fsp3) is 0.364. The van der Waals surface area contributed by atoms with E-state index in [1.54, 1.807) is 12.1 Å². The molecule has 0 bridgehead atoms. The molecule has 1 aromatic carbocycles. The van der Waals surface area contributed by atoms with Gasteiger partial charge in [-0.05, 0) is 23.6 Å². The summed E-state index contributed by atoms with van der Waals surface area (Å²) in [6.07, 6.45) is 0. The minimum Gasteiger partial charge on any atom is -0.496 e. The van der Waals surface area contributed by atoms with Gasteiger partial charge in [-0.1, -0.05) is 19.9 Å². The number of benzene rings is 1. The number of carboxylic acid groups (broad SMARTS) is 1. The predicted molar refractivity (Wildman–Crippen MR) is 54.0 cm³/mol. The predicted octanol–water partition coefficient (Wildman–Crippen LogP) is 2.52. The zero-order valence-corrected chi connectivity index (χ0v) is 8.57. The van der Waals surface area contributed by atoms with E-state index in [0.717, 1.165) is 5.56 Å². The number of aromatic carboxylic acids is 1. The van der Waals surface area contributed by atoms with Gasteiger partial charge in [-0.25, -0.2) is 4.79 Å². The molecule has 0 amide bonds. The zero-order valence-electron chi connectivity index (χ0n) is 8.57. The summed E-state index contributed by atoms with van der Waals surface area (Å²) in [7, 11) is 1.48. The second-order valence-corrected chi connectivity index (χ2v) is 3.42. The first-order chi connectivity index (χ1) is 6.56. The fourth-order valence-corrected chi connectivity index (χ4v) is 1.24. The van der Waals surface area contributed by atoms with Crippen LogP contribution in [0.3, 0.4) is 0 Å². The quantitative estimate of drug-likeness (QED) is 0.804. The summed E-state index contributed by atoms with van der Waals surface area (Å²) >= 11 is 0. The number of hydrogen-bond donors (Lipinski definition) is 1. The van der Waals surface area contributed by atoms with Crippen molar-refractivity contribution in [3.63, 3.8) is 0 Å². The molecule has 0 aliphatic rings. The molecule has 1 rings (SSSR count). The van der Waals surface area contributed by atoms with Gasteiger partial charge in [-0.3, -0.25) is 0 Å². The topological polar surface area (TPSA) is 46.5 Å². The zero-order chi connectivity index (χ0) is 10.7. The Kier molecular flexibility index (Phi) is 3.12. The molecule has 0 saturated carbocycles. The molecule has 0 unspecified atom stereocenters. The van der Waals surface area contributed by atoms with Crippen LogP contribution in [0.15, 0.2) is 18.2 Å². The van der Waals surface area contributed by atoms with Crippen LogP contribution in [-0.4, -0.2) is 18.2 Å². The third-order valence-corrected chi connectivity index (χ3v) is 2.12. The molecule has 0 saturated heterocycles. The summed E-state index contributed by atoms with van der Waals surface area (Å²) in [5, 5.41) is 8.85. The molecule has 0 aromatic heterocycles. The molecule has 0 aliphatic heterocycles. The standard InChI is InChI=1S/C11H14O3/c1-7(2)8-4-5-9(11(12)13)10(6-8)14-3/h4-7H,1-3H3,(H,12,13). The van der Waals surface area contributed by atoms with E-state index < -0.39 is 5.97 Å². The molecule has 0 radical (unpaired) electrons. The maximum Gasteiger partial charge on any atom is 0.339 e. The van der Waals surface area contributed by atoms with Crippen molar-refractivity contribution in [2.24, 2.45) is 0 Å². The van der Waals surface area contributed by atoms with Gasteiger partial charge in [0.15, 0.2) is 0 Å². The monoisotopic (exact) mass is 194 g/mol. The van der Waals surface area contributed by atoms with E-state index >= 15 is 0 Å². The van der Waals surface area contributed by atoms with Crippen molar-refractivity contribution < 1.29 is 14.6 Å². The molecule has 3 nitrogen and oxygen atoms in total. The Labute approximate surface area is 83.3 Å². The number of carbonyl (C=O) groups is 1. The second-order valence-electron chi connectivity index (χ2n) is 3.42. The van der Waals surface area contributed by atoms with Crippen molar-refractivity contribution in [3.05, 3.63) is 29.3 Å². The van der Waals surface area contributed by atoms with Crippen LogP contribution >= 0.6 is 0 Å². The Balaban J connectivity index is 3.18. The largest absolute Gasteiger partial charge is 0.496 e. The van der Waals surface area contributed by atoms with Crippen LogP contribution in [-0.2, 0) is 0 Å².